The van der Waals surface area contributed by atoms with E-state index in [4.69, 9.17) is 11.6 Å². The normalized spacial score (nSPS) is 12.6. The van der Waals surface area contributed by atoms with E-state index < -0.39 is 0 Å². The number of hydrogen-bond acceptors (Lipinski definition) is 2. The van der Waals surface area contributed by atoms with E-state index in [0.717, 1.165) is 13.0 Å². The third-order valence-electron chi connectivity index (χ3n) is 3.06. The number of rotatable bonds is 6. The molecule has 1 heterocycles. The molecule has 0 saturated carbocycles. The highest BCUT2D eigenvalue weighted by atomic mass is 35.5. The van der Waals surface area contributed by atoms with Crippen molar-refractivity contribution in [3.63, 3.8) is 0 Å². The fraction of sp³-hybridized carbons (Fsp3) is 0.333. The summed E-state index contributed by atoms with van der Waals surface area (Å²) in [5, 5.41) is 8.09. The smallest absolute Gasteiger partial charge is 0.127 e. The van der Waals surface area contributed by atoms with Gasteiger partial charge in [-0.1, -0.05) is 24.6 Å². The predicted octanol–water partition coefficient (Wildman–Crippen LogP) is 4.82. The zero-order chi connectivity index (χ0) is 13.7. The molecule has 1 aromatic carbocycles. The fourth-order valence-corrected chi connectivity index (χ4v) is 2.99. The van der Waals surface area contributed by atoms with Crippen molar-refractivity contribution >= 4 is 22.9 Å². The molecule has 0 saturated heterocycles. The lowest BCUT2D eigenvalue weighted by Crippen LogP contribution is -2.24. The third-order valence-corrected chi connectivity index (χ3v) is 4.11. The Hall–Kier alpha value is -0.900. The van der Waals surface area contributed by atoms with Crippen LogP contribution in [0.2, 0.25) is 5.02 Å². The minimum absolute atomic E-state index is 0.112. The van der Waals surface area contributed by atoms with Crippen molar-refractivity contribution in [1.82, 2.24) is 5.32 Å². The Balaban J connectivity index is 2.20. The van der Waals surface area contributed by atoms with Crippen LogP contribution in [0.15, 0.2) is 35.0 Å². The fourth-order valence-electron chi connectivity index (χ4n) is 2.03. The highest BCUT2D eigenvalue weighted by molar-refractivity contribution is 7.07. The van der Waals surface area contributed by atoms with Gasteiger partial charge >= 0.3 is 0 Å². The Kier molecular flexibility index (Phi) is 5.37. The summed E-state index contributed by atoms with van der Waals surface area (Å²) in [6, 6.07) is 7.03. The lowest BCUT2D eigenvalue weighted by molar-refractivity contribution is 0.514. The van der Waals surface area contributed by atoms with Gasteiger partial charge in [-0.25, -0.2) is 4.39 Å². The maximum Gasteiger partial charge on any atom is 0.127 e. The van der Waals surface area contributed by atoms with Crippen molar-refractivity contribution in [1.29, 1.82) is 0 Å². The second-order valence-corrected chi connectivity index (χ2v) is 5.65. The molecule has 1 unspecified atom stereocenters. The van der Waals surface area contributed by atoms with Crippen LogP contribution in [0.3, 0.4) is 0 Å². The van der Waals surface area contributed by atoms with Crippen LogP contribution < -0.4 is 5.32 Å². The SMILES string of the molecule is CCCNC(Cc1c(F)cccc1Cl)c1ccsc1. The van der Waals surface area contributed by atoms with Crippen molar-refractivity contribution in [3.05, 3.63) is 57.0 Å². The van der Waals surface area contributed by atoms with Crippen LogP contribution in [0.4, 0.5) is 4.39 Å². The summed E-state index contributed by atoms with van der Waals surface area (Å²) in [6.45, 7) is 3.03. The summed E-state index contributed by atoms with van der Waals surface area (Å²) >= 11 is 7.76. The zero-order valence-electron chi connectivity index (χ0n) is 10.8. The Morgan fingerprint density at radius 2 is 2.21 bits per heavy atom. The highest BCUT2D eigenvalue weighted by Crippen LogP contribution is 2.26. The number of nitrogens with one attached hydrogen (secondary N) is 1. The molecule has 1 atom stereocenters. The van der Waals surface area contributed by atoms with Gasteiger partial charge in [0.1, 0.15) is 5.82 Å². The van der Waals surface area contributed by atoms with Crippen LogP contribution >= 0.6 is 22.9 Å². The number of hydrogen-bond donors (Lipinski definition) is 1. The molecule has 0 amide bonds. The lowest BCUT2D eigenvalue weighted by atomic mass is 10.0. The summed E-state index contributed by atoms with van der Waals surface area (Å²) < 4.78 is 13.9. The first-order chi connectivity index (χ1) is 9.22. The van der Waals surface area contributed by atoms with E-state index >= 15 is 0 Å². The molecule has 0 fully saturated rings. The Bertz CT molecular complexity index is 493. The van der Waals surface area contributed by atoms with Crippen molar-refractivity contribution < 1.29 is 4.39 Å². The van der Waals surface area contributed by atoms with Crippen molar-refractivity contribution in [2.24, 2.45) is 0 Å². The molecule has 2 aromatic rings. The average molecular weight is 298 g/mol. The second kappa shape index (κ2) is 7.04. The highest BCUT2D eigenvalue weighted by Gasteiger charge is 2.16. The molecule has 1 aromatic heterocycles. The monoisotopic (exact) mass is 297 g/mol. The Morgan fingerprint density at radius 1 is 1.37 bits per heavy atom. The van der Waals surface area contributed by atoms with Gasteiger partial charge in [-0.3, -0.25) is 0 Å². The largest absolute Gasteiger partial charge is 0.310 e. The molecule has 1 nitrogen and oxygen atoms in total. The number of halogens is 2. The minimum Gasteiger partial charge on any atom is -0.310 e. The van der Waals surface area contributed by atoms with Gasteiger partial charge in [-0.2, -0.15) is 11.3 Å². The molecular formula is C15H17ClFNS. The second-order valence-electron chi connectivity index (χ2n) is 4.47. The molecule has 2 rings (SSSR count). The molecule has 0 aliphatic carbocycles. The van der Waals surface area contributed by atoms with Gasteiger partial charge in [0.15, 0.2) is 0 Å². The molecule has 4 heteroatoms. The maximum atomic E-state index is 13.9. The lowest BCUT2D eigenvalue weighted by Gasteiger charge is -2.18. The van der Waals surface area contributed by atoms with Crippen LogP contribution in [-0.4, -0.2) is 6.54 Å². The first kappa shape index (κ1) is 14.5. The molecule has 102 valence electrons. The first-order valence-corrected chi connectivity index (χ1v) is 7.72. The van der Waals surface area contributed by atoms with E-state index in [9.17, 15) is 4.39 Å². The summed E-state index contributed by atoms with van der Waals surface area (Å²) in [5.41, 5.74) is 1.78. The Labute approximate surface area is 122 Å². The zero-order valence-corrected chi connectivity index (χ0v) is 12.4. The van der Waals surface area contributed by atoms with Crippen LogP contribution in [0.25, 0.3) is 0 Å². The molecule has 0 spiro atoms. The van der Waals surface area contributed by atoms with Crippen molar-refractivity contribution in [2.45, 2.75) is 25.8 Å². The van der Waals surface area contributed by atoms with Crippen molar-refractivity contribution in [3.8, 4) is 0 Å². The van der Waals surface area contributed by atoms with Crippen LogP contribution in [0, 0.1) is 5.82 Å². The number of thiophene rings is 1. The maximum absolute atomic E-state index is 13.9. The van der Waals surface area contributed by atoms with Gasteiger partial charge in [0.2, 0.25) is 0 Å². The van der Waals surface area contributed by atoms with Gasteiger partial charge in [-0.15, -0.1) is 0 Å². The molecule has 1 N–H and O–H groups in total. The summed E-state index contributed by atoms with van der Waals surface area (Å²) in [5.74, 6) is -0.231. The molecule has 0 bridgehead atoms. The predicted molar refractivity (Wildman–Crippen MR) is 80.5 cm³/mol. The van der Waals surface area contributed by atoms with Crippen molar-refractivity contribution in [2.75, 3.05) is 6.54 Å². The van der Waals surface area contributed by atoms with Gasteiger partial charge in [-0.05, 0) is 53.9 Å². The van der Waals surface area contributed by atoms with E-state index in [1.165, 1.54) is 11.6 Å². The molecule has 0 radical (unpaired) electrons. The Morgan fingerprint density at radius 3 is 2.84 bits per heavy atom. The van der Waals surface area contributed by atoms with Crippen LogP contribution in [-0.2, 0) is 6.42 Å². The van der Waals surface area contributed by atoms with Gasteiger partial charge < -0.3 is 5.32 Å². The van der Waals surface area contributed by atoms with E-state index in [1.54, 1.807) is 23.5 Å². The minimum atomic E-state index is -0.231. The van der Waals surface area contributed by atoms with Gasteiger partial charge in [0, 0.05) is 16.6 Å². The summed E-state index contributed by atoms with van der Waals surface area (Å²) in [6.07, 6.45) is 1.62. The van der Waals surface area contributed by atoms with E-state index in [1.807, 2.05) is 5.38 Å². The quantitative estimate of drug-likeness (QED) is 0.806. The van der Waals surface area contributed by atoms with E-state index in [2.05, 4.69) is 23.7 Å². The summed E-state index contributed by atoms with van der Waals surface area (Å²) in [7, 11) is 0. The van der Waals surface area contributed by atoms with E-state index in [0.29, 0.717) is 17.0 Å². The third kappa shape index (κ3) is 3.78. The standard InChI is InChI=1S/C15H17ClFNS/c1-2-7-18-15(11-6-8-19-10-11)9-12-13(16)4-3-5-14(12)17/h3-6,8,10,15,18H,2,7,9H2,1H3. The first-order valence-electron chi connectivity index (χ1n) is 6.40. The van der Waals surface area contributed by atoms with E-state index in [-0.39, 0.29) is 11.9 Å². The van der Waals surface area contributed by atoms with Gasteiger partial charge in [0.05, 0.1) is 0 Å². The molecule has 0 aliphatic rings. The molecule has 0 aliphatic heterocycles. The van der Waals surface area contributed by atoms with Crippen LogP contribution in [0.1, 0.15) is 30.5 Å². The average Bonchev–Trinajstić information content (AvgIpc) is 2.91. The molecule has 19 heavy (non-hydrogen) atoms. The van der Waals surface area contributed by atoms with Crippen LogP contribution in [0.5, 0.6) is 0 Å². The molecular weight excluding hydrogens is 281 g/mol. The topological polar surface area (TPSA) is 12.0 Å². The summed E-state index contributed by atoms with van der Waals surface area (Å²) in [4.78, 5) is 0. The number of benzene rings is 1. The van der Waals surface area contributed by atoms with Gasteiger partial charge in [0.25, 0.3) is 0 Å².